The Kier molecular flexibility index (Phi) is 8.47. The highest BCUT2D eigenvalue weighted by Crippen LogP contribution is 2.37. The Hall–Kier alpha value is -2.59. The first-order valence-corrected chi connectivity index (χ1v) is 16.2. The molecule has 0 bridgehead atoms. The summed E-state index contributed by atoms with van der Waals surface area (Å²) in [7, 11) is -7.26. The quantitative estimate of drug-likeness (QED) is 0.256. The molecule has 0 saturated carbocycles. The van der Waals surface area contributed by atoms with Crippen LogP contribution < -0.4 is 14.8 Å². The summed E-state index contributed by atoms with van der Waals surface area (Å²) >= 11 is 0. The number of piperidine rings is 1. The number of hydrogen-bond acceptors (Lipinski definition) is 9. The van der Waals surface area contributed by atoms with Crippen molar-refractivity contribution in [3.05, 3.63) is 48.8 Å². The molecule has 2 aliphatic heterocycles. The number of fused-ring (bicyclic) bond motifs is 1. The third-order valence-electron chi connectivity index (χ3n) is 7.39. The molecule has 218 valence electrons. The average molecular weight is 594 g/mol. The molecule has 1 aromatic carbocycles. The van der Waals surface area contributed by atoms with Crippen molar-refractivity contribution in [2.45, 2.75) is 53.7 Å². The fourth-order valence-electron chi connectivity index (χ4n) is 5.22. The summed E-state index contributed by atoms with van der Waals surface area (Å²) in [5.74, 6) is 0.353. The topological polar surface area (TPSA) is 163 Å². The molecular formula is C26H35N5O7S2. The summed E-state index contributed by atoms with van der Waals surface area (Å²) in [5, 5.41) is 13.8. The lowest BCUT2D eigenvalue weighted by Gasteiger charge is -2.38. The van der Waals surface area contributed by atoms with Gasteiger partial charge in [-0.25, -0.2) is 21.6 Å². The highest BCUT2D eigenvalue weighted by Gasteiger charge is 2.44. The smallest absolute Gasteiger partial charge is 0.244 e. The lowest BCUT2D eigenvalue weighted by Crippen LogP contribution is -2.47. The average Bonchev–Trinajstić information content (AvgIpc) is 3.58. The van der Waals surface area contributed by atoms with Crippen molar-refractivity contribution < 1.29 is 31.4 Å². The van der Waals surface area contributed by atoms with Gasteiger partial charge in [0.15, 0.2) is 0 Å². The van der Waals surface area contributed by atoms with E-state index in [1.54, 1.807) is 37.4 Å². The van der Waals surface area contributed by atoms with Crippen LogP contribution in [0.25, 0.3) is 11.0 Å². The molecule has 40 heavy (non-hydrogen) atoms. The number of hydrogen-bond donors (Lipinski definition) is 4. The van der Waals surface area contributed by atoms with Crippen molar-refractivity contribution in [3.8, 4) is 5.75 Å². The summed E-state index contributed by atoms with van der Waals surface area (Å²) in [4.78, 5) is 7.52. The molecular weight excluding hydrogens is 558 g/mol. The van der Waals surface area contributed by atoms with Crippen molar-refractivity contribution in [1.82, 2.24) is 24.3 Å². The van der Waals surface area contributed by atoms with E-state index in [0.29, 0.717) is 43.8 Å². The number of sulfonamides is 2. The first-order valence-electron chi connectivity index (χ1n) is 13.3. The van der Waals surface area contributed by atoms with Crippen LogP contribution in [0.1, 0.15) is 26.2 Å². The first-order chi connectivity index (χ1) is 19.1. The zero-order valence-electron chi connectivity index (χ0n) is 22.2. The molecule has 4 N–H and O–H groups in total. The SMILES string of the molecule is CCNS(=O)(=O)c1cccc(OCC(O)CN[C@H]2COC3(CCN(S(=O)(=O)c4cnc5cc[nH]c5c4)CC3)C2)c1. The number of nitrogens with one attached hydrogen (secondary N) is 3. The van der Waals surface area contributed by atoms with E-state index in [2.05, 4.69) is 20.0 Å². The Morgan fingerprint density at radius 2 is 2.00 bits per heavy atom. The van der Waals surface area contributed by atoms with Gasteiger partial charge in [0.25, 0.3) is 0 Å². The van der Waals surface area contributed by atoms with Gasteiger partial charge in [-0.2, -0.15) is 4.31 Å². The van der Waals surface area contributed by atoms with E-state index in [-0.39, 0.29) is 35.5 Å². The highest BCUT2D eigenvalue weighted by atomic mass is 32.2. The predicted molar refractivity (Wildman–Crippen MR) is 148 cm³/mol. The third kappa shape index (κ3) is 6.33. The second-order valence-corrected chi connectivity index (χ2v) is 13.9. The minimum atomic E-state index is -3.66. The van der Waals surface area contributed by atoms with Gasteiger partial charge < -0.3 is 24.9 Å². The molecule has 5 rings (SSSR count). The number of benzene rings is 1. The van der Waals surface area contributed by atoms with Gasteiger partial charge in [0.05, 0.1) is 28.1 Å². The van der Waals surface area contributed by atoms with Gasteiger partial charge in [-0.3, -0.25) is 4.98 Å². The lowest BCUT2D eigenvalue weighted by atomic mass is 9.88. The largest absolute Gasteiger partial charge is 0.491 e. The van der Waals surface area contributed by atoms with Crippen LogP contribution in [-0.2, 0) is 24.8 Å². The number of aliphatic hydroxyl groups excluding tert-OH is 1. The van der Waals surface area contributed by atoms with Crippen LogP contribution in [0.2, 0.25) is 0 Å². The Bertz CT molecular complexity index is 1540. The van der Waals surface area contributed by atoms with Crippen LogP contribution in [0.5, 0.6) is 5.75 Å². The normalized spacial score (nSPS) is 20.7. The molecule has 2 fully saturated rings. The zero-order valence-corrected chi connectivity index (χ0v) is 23.9. The minimum absolute atomic E-state index is 0.00756. The Morgan fingerprint density at radius 3 is 2.77 bits per heavy atom. The van der Waals surface area contributed by atoms with Gasteiger partial charge in [0.2, 0.25) is 20.0 Å². The standard InChI is InChI=1S/C26H35N5O7S2/c1-2-30-39(33,34)22-5-3-4-21(12-22)37-18-20(32)15-28-19-14-26(38-17-19)7-10-31(11-8-26)40(35,36)23-13-25-24(29-16-23)6-9-27-25/h3-6,9,12-13,16,19-20,27-28,30,32H,2,7-8,10-11,14-15,17-18H2,1H3/t19-,20?/m1/s1. The monoisotopic (exact) mass is 593 g/mol. The van der Waals surface area contributed by atoms with Crippen molar-refractivity contribution in [3.63, 3.8) is 0 Å². The highest BCUT2D eigenvalue weighted by molar-refractivity contribution is 7.89. The molecule has 4 heterocycles. The van der Waals surface area contributed by atoms with Crippen molar-refractivity contribution in [2.24, 2.45) is 0 Å². The molecule has 0 aliphatic carbocycles. The zero-order chi connectivity index (χ0) is 28.4. The number of aromatic amines is 1. The van der Waals surface area contributed by atoms with E-state index in [0.717, 1.165) is 11.9 Å². The molecule has 0 amide bonds. The van der Waals surface area contributed by atoms with Crippen LogP contribution >= 0.6 is 0 Å². The van der Waals surface area contributed by atoms with Crippen LogP contribution in [-0.4, -0.2) is 93.4 Å². The summed E-state index contributed by atoms with van der Waals surface area (Å²) < 4.78 is 66.5. The molecule has 12 nitrogen and oxygen atoms in total. The van der Waals surface area contributed by atoms with Crippen molar-refractivity contribution in [1.29, 1.82) is 0 Å². The maximum absolute atomic E-state index is 13.2. The molecule has 1 unspecified atom stereocenters. The molecule has 2 saturated heterocycles. The summed E-state index contributed by atoms with van der Waals surface area (Å²) in [6.07, 6.45) is 4.20. The summed E-state index contributed by atoms with van der Waals surface area (Å²) in [6.45, 7) is 3.44. The number of rotatable bonds is 11. The first kappa shape index (κ1) is 28.9. The second kappa shape index (κ2) is 11.7. The predicted octanol–water partition coefficient (Wildman–Crippen LogP) is 1.20. The van der Waals surface area contributed by atoms with E-state index in [9.17, 15) is 21.9 Å². The van der Waals surface area contributed by atoms with E-state index in [1.807, 2.05) is 0 Å². The van der Waals surface area contributed by atoms with Crippen LogP contribution in [0, 0.1) is 0 Å². The summed E-state index contributed by atoms with van der Waals surface area (Å²) in [5.41, 5.74) is 1.00. The second-order valence-electron chi connectivity index (χ2n) is 10.2. The Labute approximate surface area is 234 Å². The van der Waals surface area contributed by atoms with Gasteiger partial charge in [-0.05, 0) is 43.5 Å². The van der Waals surface area contributed by atoms with Gasteiger partial charge >= 0.3 is 0 Å². The molecule has 1 spiro atoms. The molecule has 2 atom stereocenters. The fraction of sp³-hybridized carbons (Fsp3) is 0.500. The van der Waals surface area contributed by atoms with Gasteiger partial charge in [0.1, 0.15) is 23.4 Å². The van der Waals surface area contributed by atoms with Crippen molar-refractivity contribution in [2.75, 3.05) is 39.4 Å². The molecule has 0 radical (unpaired) electrons. The number of aromatic nitrogens is 2. The van der Waals surface area contributed by atoms with Crippen LogP contribution in [0.4, 0.5) is 0 Å². The van der Waals surface area contributed by atoms with E-state index in [4.69, 9.17) is 9.47 Å². The summed E-state index contributed by atoms with van der Waals surface area (Å²) in [6, 6.07) is 9.57. The van der Waals surface area contributed by atoms with Gasteiger partial charge in [-0.15, -0.1) is 0 Å². The molecule has 2 aliphatic rings. The minimum Gasteiger partial charge on any atom is -0.491 e. The van der Waals surface area contributed by atoms with Gasteiger partial charge in [-0.1, -0.05) is 13.0 Å². The molecule has 3 aromatic rings. The number of nitrogens with zero attached hydrogens (tertiary/aromatic N) is 2. The van der Waals surface area contributed by atoms with Crippen LogP contribution in [0.15, 0.2) is 58.6 Å². The lowest BCUT2D eigenvalue weighted by molar-refractivity contribution is -0.0312. The van der Waals surface area contributed by atoms with E-state index < -0.39 is 31.8 Å². The molecule has 14 heteroatoms. The number of aliphatic hydroxyl groups is 1. The maximum Gasteiger partial charge on any atom is 0.244 e. The van der Waals surface area contributed by atoms with Crippen molar-refractivity contribution >= 4 is 31.1 Å². The van der Waals surface area contributed by atoms with Crippen LogP contribution in [0.3, 0.4) is 0 Å². The maximum atomic E-state index is 13.2. The number of pyridine rings is 1. The third-order valence-corrected chi connectivity index (χ3v) is 10.8. The Morgan fingerprint density at radius 1 is 1.20 bits per heavy atom. The Balaban J connectivity index is 1.08. The van der Waals surface area contributed by atoms with E-state index >= 15 is 0 Å². The fourth-order valence-corrected chi connectivity index (χ4v) is 7.71. The number of ether oxygens (including phenoxy) is 2. The van der Waals surface area contributed by atoms with E-state index in [1.165, 1.54) is 22.6 Å². The number of H-pyrrole nitrogens is 1. The molecule has 2 aromatic heterocycles. The van der Waals surface area contributed by atoms with Gasteiger partial charge in [0, 0.05) is 50.7 Å².